The predicted octanol–water partition coefficient (Wildman–Crippen LogP) is 0.346. The van der Waals surface area contributed by atoms with Crippen molar-refractivity contribution in [1.29, 1.82) is 0 Å². The van der Waals surface area contributed by atoms with Crippen molar-refractivity contribution < 1.29 is 13.2 Å². The third-order valence-corrected chi connectivity index (χ3v) is 4.86. The lowest BCUT2D eigenvalue weighted by atomic mass is 10.1. The molecule has 0 saturated carbocycles. The molecular formula is C12H17N3O3S. The molecule has 6 nitrogen and oxygen atoms in total. The Morgan fingerprint density at radius 3 is 2.95 bits per heavy atom. The van der Waals surface area contributed by atoms with Crippen LogP contribution in [0.15, 0.2) is 12.5 Å². The monoisotopic (exact) mass is 283 g/mol. The maximum Gasteiger partial charge on any atom is 0.254 e. The standard InChI is InChI=1S/C12H17N3O3S/c1-2-3-11-10(6-13-8-14-11)12(16)15-9-4-5-19(17,18)7-9/h6,8-9H,2-5,7H2,1H3,(H,15,16). The summed E-state index contributed by atoms with van der Waals surface area (Å²) in [4.78, 5) is 20.1. The second-order valence-electron chi connectivity index (χ2n) is 4.71. The quantitative estimate of drug-likeness (QED) is 0.861. The molecule has 1 aliphatic heterocycles. The van der Waals surface area contributed by atoms with Gasteiger partial charge >= 0.3 is 0 Å². The van der Waals surface area contributed by atoms with Crippen LogP contribution in [0.5, 0.6) is 0 Å². The normalized spacial score (nSPS) is 21.2. The van der Waals surface area contributed by atoms with Crippen molar-refractivity contribution in [2.24, 2.45) is 0 Å². The van der Waals surface area contributed by atoms with Crippen LogP contribution in [0.4, 0.5) is 0 Å². The zero-order chi connectivity index (χ0) is 13.9. The summed E-state index contributed by atoms with van der Waals surface area (Å²) in [6, 6.07) is -0.299. The van der Waals surface area contributed by atoms with E-state index in [0.717, 1.165) is 6.42 Å². The summed E-state index contributed by atoms with van der Waals surface area (Å²) >= 11 is 0. The van der Waals surface area contributed by atoms with E-state index >= 15 is 0 Å². The molecule has 7 heteroatoms. The van der Waals surface area contributed by atoms with E-state index in [-0.39, 0.29) is 23.5 Å². The summed E-state index contributed by atoms with van der Waals surface area (Å²) in [6.45, 7) is 2.01. The lowest BCUT2D eigenvalue weighted by molar-refractivity contribution is 0.0939. The van der Waals surface area contributed by atoms with Crippen molar-refractivity contribution in [3.8, 4) is 0 Å². The van der Waals surface area contributed by atoms with E-state index in [2.05, 4.69) is 15.3 Å². The minimum atomic E-state index is -2.99. The number of nitrogens with zero attached hydrogens (tertiary/aromatic N) is 2. The van der Waals surface area contributed by atoms with E-state index in [1.165, 1.54) is 12.5 Å². The molecule has 1 aliphatic rings. The molecule has 104 valence electrons. The van der Waals surface area contributed by atoms with Gasteiger partial charge in [-0.15, -0.1) is 0 Å². The molecule has 0 bridgehead atoms. The molecule has 1 amide bonds. The van der Waals surface area contributed by atoms with Crippen molar-refractivity contribution in [3.05, 3.63) is 23.8 Å². The number of amides is 1. The topological polar surface area (TPSA) is 89.0 Å². The minimum Gasteiger partial charge on any atom is -0.348 e. The number of carbonyl (C=O) groups is 1. The first-order chi connectivity index (χ1) is 9.02. The molecule has 1 fully saturated rings. The summed E-state index contributed by atoms with van der Waals surface area (Å²) in [6.07, 6.45) is 4.97. The molecule has 1 unspecified atom stereocenters. The SMILES string of the molecule is CCCc1ncncc1C(=O)NC1CCS(=O)(=O)C1. The maximum absolute atomic E-state index is 12.1. The fourth-order valence-corrected chi connectivity index (χ4v) is 3.83. The van der Waals surface area contributed by atoms with Crippen LogP contribution in [0.25, 0.3) is 0 Å². The molecule has 0 aromatic carbocycles. The summed E-state index contributed by atoms with van der Waals surface area (Å²) in [7, 11) is -2.99. The van der Waals surface area contributed by atoms with E-state index < -0.39 is 9.84 Å². The molecule has 0 aliphatic carbocycles. The minimum absolute atomic E-state index is 0.0234. The third-order valence-electron chi connectivity index (χ3n) is 3.09. The van der Waals surface area contributed by atoms with Crippen molar-refractivity contribution >= 4 is 15.7 Å². The summed E-state index contributed by atoms with van der Waals surface area (Å²) < 4.78 is 22.7. The third kappa shape index (κ3) is 3.50. The van der Waals surface area contributed by atoms with Crippen LogP contribution >= 0.6 is 0 Å². The smallest absolute Gasteiger partial charge is 0.254 e. The first-order valence-electron chi connectivity index (χ1n) is 6.32. The Morgan fingerprint density at radius 1 is 1.53 bits per heavy atom. The number of carbonyl (C=O) groups excluding carboxylic acids is 1. The highest BCUT2D eigenvalue weighted by molar-refractivity contribution is 7.91. The number of hydrogen-bond donors (Lipinski definition) is 1. The van der Waals surface area contributed by atoms with E-state index in [0.29, 0.717) is 24.1 Å². The van der Waals surface area contributed by atoms with Crippen molar-refractivity contribution in [2.45, 2.75) is 32.2 Å². The fraction of sp³-hybridized carbons (Fsp3) is 0.583. The van der Waals surface area contributed by atoms with Gasteiger partial charge in [-0.1, -0.05) is 13.3 Å². The second-order valence-corrected chi connectivity index (χ2v) is 6.94. The summed E-state index contributed by atoms with van der Waals surface area (Å²) in [5.74, 6) is -0.119. The zero-order valence-electron chi connectivity index (χ0n) is 10.8. The van der Waals surface area contributed by atoms with Crippen LogP contribution in [0.1, 0.15) is 35.8 Å². The Labute approximate surface area is 112 Å². The number of hydrogen-bond acceptors (Lipinski definition) is 5. The lowest BCUT2D eigenvalue weighted by Crippen LogP contribution is -2.36. The number of aromatic nitrogens is 2. The van der Waals surface area contributed by atoms with E-state index in [1.807, 2.05) is 6.92 Å². The first kappa shape index (κ1) is 13.9. The lowest BCUT2D eigenvalue weighted by Gasteiger charge is -2.12. The summed E-state index contributed by atoms with van der Waals surface area (Å²) in [5, 5.41) is 2.75. The Balaban J connectivity index is 2.08. The molecule has 19 heavy (non-hydrogen) atoms. The van der Waals surface area contributed by atoms with Crippen LogP contribution in [0.3, 0.4) is 0 Å². The number of aryl methyl sites for hydroxylation is 1. The first-order valence-corrected chi connectivity index (χ1v) is 8.14. The molecular weight excluding hydrogens is 266 g/mol. The van der Waals surface area contributed by atoms with Crippen molar-refractivity contribution in [2.75, 3.05) is 11.5 Å². The van der Waals surface area contributed by atoms with Crippen molar-refractivity contribution in [3.63, 3.8) is 0 Å². The highest BCUT2D eigenvalue weighted by Crippen LogP contribution is 2.13. The fourth-order valence-electron chi connectivity index (χ4n) is 2.15. The Kier molecular flexibility index (Phi) is 4.14. The maximum atomic E-state index is 12.1. The van der Waals surface area contributed by atoms with Gasteiger partial charge in [-0.25, -0.2) is 18.4 Å². The number of nitrogens with one attached hydrogen (secondary N) is 1. The van der Waals surface area contributed by atoms with Crippen LogP contribution in [0.2, 0.25) is 0 Å². The predicted molar refractivity (Wildman–Crippen MR) is 70.6 cm³/mol. The van der Waals surface area contributed by atoms with Gasteiger partial charge in [0.2, 0.25) is 0 Å². The molecule has 1 atom stereocenters. The Bertz CT molecular complexity index is 571. The molecule has 0 radical (unpaired) electrons. The van der Waals surface area contributed by atoms with Gasteiger partial charge in [0.25, 0.3) is 5.91 Å². The highest BCUT2D eigenvalue weighted by Gasteiger charge is 2.29. The van der Waals surface area contributed by atoms with E-state index in [4.69, 9.17) is 0 Å². The van der Waals surface area contributed by atoms with Crippen molar-refractivity contribution in [1.82, 2.24) is 15.3 Å². The van der Waals surface area contributed by atoms with Gasteiger partial charge in [-0.05, 0) is 12.8 Å². The van der Waals surface area contributed by atoms with E-state index in [1.54, 1.807) is 0 Å². The van der Waals surface area contributed by atoms with Gasteiger partial charge in [-0.2, -0.15) is 0 Å². The largest absolute Gasteiger partial charge is 0.348 e. The molecule has 1 N–H and O–H groups in total. The van der Waals surface area contributed by atoms with Gasteiger partial charge in [0.15, 0.2) is 9.84 Å². The number of sulfone groups is 1. The Morgan fingerprint density at radius 2 is 2.32 bits per heavy atom. The number of rotatable bonds is 4. The van der Waals surface area contributed by atoms with E-state index in [9.17, 15) is 13.2 Å². The van der Waals surface area contributed by atoms with Gasteiger partial charge in [0, 0.05) is 12.2 Å². The molecule has 1 saturated heterocycles. The van der Waals surface area contributed by atoms with Crippen LogP contribution in [-0.4, -0.2) is 41.8 Å². The van der Waals surface area contributed by atoms with Crippen LogP contribution in [0, 0.1) is 0 Å². The second kappa shape index (κ2) is 5.64. The molecule has 0 spiro atoms. The highest BCUT2D eigenvalue weighted by atomic mass is 32.2. The molecule has 2 rings (SSSR count). The molecule has 2 heterocycles. The zero-order valence-corrected chi connectivity index (χ0v) is 11.6. The van der Waals surface area contributed by atoms with Crippen LogP contribution < -0.4 is 5.32 Å². The van der Waals surface area contributed by atoms with Crippen LogP contribution in [-0.2, 0) is 16.3 Å². The average molecular weight is 283 g/mol. The molecule has 1 aromatic heterocycles. The molecule has 1 aromatic rings. The summed E-state index contributed by atoms with van der Waals surface area (Å²) in [5.41, 5.74) is 1.14. The Hall–Kier alpha value is -1.50. The van der Waals surface area contributed by atoms with Gasteiger partial charge in [0.05, 0.1) is 22.8 Å². The average Bonchev–Trinajstić information content (AvgIpc) is 2.69. The van der Waals surface area contributed by atoms with Gasteiger partial charge in [-0.3, -0.25) is 4.79 Å². The van der Waals surface area contributed by atoms with Gasteiger partial charge < -0.3 is 5.32 Å². The van der Waals surface area contributed by atoms with Gasteiger partial charge in [0.1, 0.15) is 6.33 Å².